The Kier molecular flexibility index (Phi) is 2.44. The maximum Gasteiger partial charge on any atom is 0.170 e. The molecule has 0 radical (unpaired) electrons. The number of hydrogen-bond donors (Lipinski definition) is 1. The first kappa shape index (κ1) is 10.4. The molecule has 0 aliphatic rings. The zero-order valence-corrected chi connectivity index (χ0v) is 8.87. The summed E-state index contributed by atoms with van der Waals surface area (Å²) in [6, 6.07) is 4.89. The third-order valence-electron chi connectivity index (χ3n) is 2.36. The number of fused-ring (bicyclic) bond motifs is 1. The van der Waals surface area contributed by atoms with Crippen molar-refractivity contribution < 1.29 is 19.4 Å². The number of carboxylic acid groups (broad SMARTS) is 1. The number of carboxylic acids is 1. The Morgan fingerprint density at radius 1 is 1.31 bits per heavy atom. The summed E-state index contributed by atoms with van der Waals surface area (Å²) in [7, 11) is 3.03. The van der Waals surface area contributed by atoms with Gasteiger partial charge in [0, 0.05) is 10.9 Å². The van der Waals surface area contributed by atoms with Crippen LogP contribution in [0.2, 0.25) is 0 Å². The molecule has 0 saturated carbocycles. The summed E-state index contributed by atoms with van der Waals surface area (Å²) in [6.07, 6.45) is 0. The van der Waals surface area contributed by atoms with E-state index in [-0.39, 0.29) is 5.69 Å². The topological polar surface area (TPSA) is 74.4 Å². The predicted molar refractivity (Wildman–Crippen MR) is 55.7 cm³/mol. The molecule has 0 amide bonds. The average molecular weight is 220 g/mol. The molecular weight excluding hydrogens is 210 g/mol. The first-order chi connectivity index (χ1) is 7.67. The largest absolute Gasteiger partial charge is 0.543 e. The molecule has 1 N–H and O–H groups in total. The maximum atomic E-state index is 10.7. The van der Waals surface area contributed by atoms with Crippen LogP contribution in [0.4, 0.5) is 0 Å². The highest BCUT2D eigenvalue weighted by molar-refractivity contribution is 5.96. The average Bonchev–Trinajstić information content (AvgIpc) is 2.71. The first-order valence-electron chi connectivity index (χ1n) is 4.62. The molecule has 0 fully saturated rings. The second-order valence-corrected chi connectivity index (χ2v) is 3.23. The van der Waals surface area contributed by atoms with Crippen LogP contribution in [-0.2, 0) is 0 Å². The van der Waals surface area contributed by atoms with E-state index in [0.717, 1.165) is 0 Å². The van der Waals surface area contributed by atoms with Crippen molar-refractivity contribution in [3.8, 4) is 11.5 Å². The van der Waals surface area contributed by atoms with Gasteiger partial charge in [-0.05, 0) is 18.2 Å². The summed E-state index contributed by atoms with van der Waals surface area (Å²) >= 11 is 0. The Balaban J connectivity index is 2.71. The molecule has 0 aliphatic heterocycles. The van der Waals surface area contributed by atoms with Gasteiger partial charge in [0.25, 0.3) is 0 Å². The molecule has 0 atom stereocenters. The van der Waals surface area contributed by atoms with Gasteiger partial charge in [-0.15, -0.1) is 0 Å². The lowest BCUT2D eigenvalue weighted by molar-refractivity contribution is -0.255. The van der Waals surface area contributed by atoms with E-state index in [1.165, 1.54) is 20.3 Å². The van der Waals surface area contributed by atoms with Crippen molar-refractivity contribution in [3.05, 3.63) is 23.9 Å². The Hall–Kier alpha value is -2.17. The van der Waals surface area contributed by atoms with Crippen LogP contribution in [0.15, 0.2) is 18.2 Å². The third kappa shape index (κ3) is 1.46. The number of aromatic carboxylic acids is 1. The molecule has 5 nitrogen and oxygen atoms in total. The fraction of sp³-hybridized carbons (Fsp3) is 0.182. The van der Waals surface area contributed by atoms with Crippen molar-refractivity contribution in [1.29, 1.82) is 0 Å². The molecule has 0 saturated heterocycles. The zero-order valence-electron chi connectivity index (χ0n) is 8.87. The lowest BCUT2D eigenvalue weighted by Gasteiger charge is -2.07. The molecule has 1 aromatic heterocycles. The van der Waals surface area contributed by atoms with E-state index in [9.17, 15) is 9.90 Å². The summed E-state index contributed by atoms with van der Waals surface area (Å²) in [6.45, 7) is 0. The number of methoxy groups -OCH3 is 2. The molecule has 0 aliphatic carbocycles. The fourth-order valence-electron chi connectivity index (χ4n) is 1.64. The van der Waals surface area contributed by atoms with Crippen molar-refractivity contribution in [3.63, 3.8) is 0 Å². The number of H-pyrrole nitrogens is 1. The molecule has 2 aromatic rings. The van der Waals surface area contributed by atoms with E-state index in [2.05, 4.69) is 4.98 Å². The Labute approximate surface area is 91.6 Å². The number of aromatic amines is 1. The highest BCUT2D eigenvalue weighted by atomic mass is 16.5. The Morgan fingerprint density at radius 3 is 2.62 bits per heavy atom. The van der Waals surface area contributed by atoms with Gasteiger partial charge in [-0.2, -0.15) is 0 Å². The molecule has 5 heteroatoms. The van der Waals surface area contributed by atoms with Crippen molar-refractivity contribution in [2.24, 2.45) is 0 Å². The number of benzene rings is 1. The van der Waals surface area contributed by atoms with E-state index in [1.807, 2.05) is 0 Å². The van der Waals surface area contributed by atoms with Crippen molar-refractivity contribution >= 4 is 16.9 Å². The Bertz CT molecular complexity index is 544. The number of carbonyl (C=O) groups excluding carboxylic acids is 1. The van der Waals surface area contributed by atoms with Crippen LogP contribution < -0.4 is 14.6 Å². The zero-order chi connectivity index (χ0) is 11.7. The predicted octanol–water partition coefficient (Wildman–Crippen LogP) is 0.549. The lowest BCUT2D eigenvalue weighted by atomic mass is 10.2. The number of ether oxygens (including phenoxy) is 2. The van der Waals surface area contributed by atoms with Crippen molar-refractivity contribution in [2.75, 3.05) is 14.2 Å². The van der Waals surface area contributed by atoms with E-state index in [4.69, 9.17) is 9.47 Å². The number of aromatic nitrogens is 1. The third-order valence-corrected chi connectivity index (χ3v) is 2.36. The standard InChI is InChI=1S/C11H11NO4/c1-15-9-4-3-7-6(10(9)16-2)5-8(12-7)11(13)14/h3-5,12H,1-2H3,(H,13,14)/p-1. The molecule has 0 bridgehead atoms. The van der Waals surface area contributed by atoms with Gasteiger partial charge >= 0.3 is 0 Å². The van der Waals surface area contributed by atoms with E-state index < -0.39 is 5.97 Å². The molecule has 0 spiro atoms. The van der Waals surface area contributed by atoms with Crippen LogP contribution in [0.5, 0.6) is 11.5 Å². The molecular formula is C11H10NO4-. The lowest BCUT2D eigenvalue weighted by Crippen LogP contribution is -2.22. The first-order valence-corrected chi connectivity index (χ1v) is 4.62. The minimum atomic E-state index is -1.25. The van der Waals surface area contributed by atoms with E-state index in [1.54, 1.807) is 12.1 Å². The summed E-state index contributed by atoms with van der Waals surface area (Å²) in [4.78, 5) is 13.4. The molecule has 84 valence electrons. The van der Waals surface area contributed by atoms with Gasteiger partial charge in [0.05, 0.1) is 25.9 Å². The highest BCUT2D eigenvalue weighted by Gasteiger charge is 2.11. The van der Waals surface area contributed by atoms with Gasteiger partial charge < -0.3 is 24.4 Å². The second-order valence-electron chi connectivity index (χ2n) is 3.23. The molecule has 1 aromatic carbocycles. The molecule has 1 heterocycles. The van der Waals surface area contributed by atoms with Crippen LogP contribution in [0.25, 0.3) is 10.9 Å². The highest BCUT2D eigenvalue weighted by Crippen LogP contribution is 2.35. The molecule has 0 unspecified atom stereocenters. The number of nitrogens with one attached hydrogen (secondary N) is 1. The van der Waals surface area contributed by atoms with Crippen LogP contribution in [0, 0.1) is 0 Å². The maximum absolute atomic E-state index is 10.7. The monoisotopic (exact) mass is 220 g/mol. The van der Waals surface area contributed by atoms with E-state index >= 15 is 0 Å². The quantitative estimate of drug-likeness (QED) is 0.819. The van der Waals surface area contributed by atoms with Crippen LogP contribution in [0.1, 0.15) is 10.5 Å². The smallest absolute Gasteiger partial charge is 0.170 e. The minimum absolute atomic E-state index is 0.0153. The Morgan fingerprint density at radius 2 is 2.06 bits per heavy atom. The fourth-order valence-corrected chi connectivity index (χ4v) is 1.64. The van der Waals surface area contributed by atoms with Crippen molar-refractivity contribution in [2.45, 2.75) is 0 Å². The van der Waals surface area contributed by atoms with Crippen LogP contribution in [-0.4, -0.2) is 25.2 Å². The summed E-state index contributed by atoms with van der Waals surface area (Å²) in [5.41, 5.74) is 0.679. The molecule has 16 heavy (non-hydrogen) atoms. The molecule has 2 rings (SSSR count). The minimum Gasteiger partial charge on any atom is -0.543 e. The van der Waals surface area contributed by atoms with Gasteiger partial charge in [-0.3, -0.25) is 0 Å². The summed E-state index contributed by atoms with van der Waals surface area (Å²) < 4.78 is 10.3. The van der Waals surface area contributed by atoms with Gasteiger partial charge in [-0.25, -0.2) is 0 Å². The van der Waals surface area contributed by atoms with E-state index in [0.29, 0.717) is 22.4 Å². The summed E-state index contributed by atoms with van der Waals surface area (Å²) in [5, 5.41) is 11.4. The summed E-state index contributed by atoms with van der Waals surface area (Å²) in [5.74, 6) is -0.195. The van der Waals surface area contributed by atoms with Gasteiger partial charge in [0.1, 0.15) is 0 Å². The van der Waals surface area contributed by atoms with Gasteiger partial charge in [0.15, 0.2) is 11.5 Å². The van der Waals surface area contributed by atoms with Crippen LogP contribution in [0.3, 0.4) is 0 Å². The second kappa shape index (κ2) is 3.77. The SMILES string of the molecule is COc1ccc2[nH]c(C(=O)[O-])cc2c1OC. The van der Waals surface area contributed by atoms with Gasteiger partial charge in [-0.1, -0.05) is 0 Å². The van der Waals surface area contributed by atoms with Crippen LogP contribution >= 0.6 is 0 Å². The van der Waals surface area contributed by atoms with Gasteiger partial charge in [0.2, 0.25) is 0 Å². The number of rotatable bonds is 3. The van der Waals surface area contributed by atoms with Crippen molar-refractivity contribution in [1.82, 2.24) is 4.98 Å². The normalized spacial score (nSPS) is 10.4. The number of carbonyl (C=O) groups is 1. The number of hydrogen-bond acceptors (Lipinski definition) is 4.